The molecular formula is C14H22ClN3O3S. The summed E-state index contributed by atoms with van der Waals surface area (Å²) in [5.74, 6) is -0.240. The molecule has 0 aromatic heterocycles. The minimum Gasteiger partial charge on any atom is -0.355 e. The van der Waals surface area contributed by atoms with E-state index in [1.54, 1.807) is 0 Å². The number of halogens is 1. The summed E-state index contributed by atoms with van der Waals surface area (Å²) in [6, 6.07) is 5.98. The number of benzene rings is 1. The summed E-state index contributed by atoms with van der Waals surface area (Å²) < 4.78 is 26.6. The number of nitrogens with one attached hydrogen (secondary N) is 1. The summed E-state index contributed by atoms with van der Waals surface area (Å²) >= 11 is 0. The highest BCUT2D eigenvalue weighted by Gasteiger charge is 2.38. The van der Waals surface area contributed by atoms with Crippen molar-refractivity contribution < 1.29 is 13.2 Å². The minimum absolute atomic E-state index is 0. The van der Waals surface area contributed by atoms with E-state index in [4.69, 9.17) is 5.73 Å². The van der Waals surface area contributed by atoms with Crippen LogP contribution in [0.25, 0.3) is 0 Å². The molecule has 1 aliphatic heterocycles. The number of nitrogens with zero attached hydrogens (tertiary/aromatic N) is 1. The van der Waals surface area contributed by atoms with Crippen LogP contribution in [0.15, 0.2) is 29.2 Å². The van der Waals surface area contributed by atoms with Crippen molar-refractivity contribution in [1.82, 2.24) is 9.62 Å². The largest absolute Gasteiger partial charge is 0.355 e. The van der Waals surface area contributed by atoms with Gasteiger partial charge in [0.2, 0.25) is 10.0 Å². The SMILES string of the molecule is CNC(=O)c1ccc(S(=O)(=O)N2CCC(C)(CN)C2)cc1.Cl. The average Bonchev–Trinajstić information content (AvgIpc) is 2.90. The van der Waals surface area contributed by atoms with Crippen molar-refractivity contribution in [1.29, 1.82) is 0 Å². The van der Waals surface area contributed by atoms with Gasteiger partial charge in [-0.3, -0.25) is 4.79 Å². The van der Waals surface area contributed by atoms with Gasteiger partial charge in [-0.1, -0.05) is 6.92 Å². The summed E-state index contributed by atoms with van der Waals surface area (Å²) in [6.07, 6.45) is 0.763. The van der Waals surface area contributed by atoms with Gasteiger partial charge in [-0.2, -0.15) is 4.31 Å². The number of hydrogen-bond donors (Lipinski definition) is 2. The number of carbonyl (C=O) groups excluding carboxylic acids is 1. The van der Waals surface area contributed by atoms with Gasteiger partial charge in [0.15, 0.2) is 0 Å². The first-order valence-corrected chi connectivity index (χ1v) is 8.29. The fraction of sp³-hybridized carbons (Fsp3) is 0.500. The van der Waals surface area contributed by atoms with Crippen molar-refractivity contribution in [2.45, 2.75) is 18.2 Å². The Balaban J connectivity index is 0.00000242. The van der Waals surface area contributed by atoms with E-state index in [1.165, 1.54) is 35.6 Å². The highest BCUT2D eigenvalue weighted by atomic mass is 35.5. The van der Waals surface area contributed by atoms with Crippen LogP contribution in [0.4, 0.5) is 0 Å². The summed E-state index contributed by atoms with van der Waals surface area (Å²) in [4.78, 5) is 11.7. The summed E-state index contributed by atoms with van der Waals surface area (Å²) in [6.45, 7) is 3.38. The predicted molar refractivity (Wildman–Crippen MR) is 87.6 cm³/mol. The lowest BCUT2D eigenvalue weighted by molar-refractivity contribution is 0.0963. The van der Waals surface area contributed by atoms with Gasteiger partial charge in [0.1, 0.15) is 0 Å². The molecule has 3 N–H and O–H groups in total. The Morgan fingerprint density at radius 3 is 2.41 bits per heavy atom. The molecule has 0 bridgehead atoms. The third kappa shape index (κ3) is 3.60. The number of amides is 1. The highest BCUT2D eigenvalue weighted by molar-refractivity contribution is 7.89. The zero-order valence-electron chi connectivity index (χ0n) is 12.7. The first-order chi connectivity index (χ1) is 9.82. The molecule has 1 aromatic rings. The van der Waals surface area contributed by atoms with E-state index in [0.29, 0.717) is 25.2 Å². The molecule has 124 valence electrons. The van der Waals surface area contributed by atoms with Crippen molar-refractivity contribution >= 4 is 28.3 Å². The van der Waals surface area contributed by atoms with E-state index in [0.717, 1.165) is 6.42 Å². The van der Waals surface area contributed by atoms with Crippen molar-refractivity contribution in [3.05, 3.63) is 29.8 Å². The van der Waals surface area contributed by atoms with E-state index < -0.39 is 10.0 Å². The second-order valence-electron chi connectivity index (χ2n) is 5.71. The zero-order valence-corrected chi connectivity index (χ0v) is 14.3. The minimum atomic E-state index is -3.52. The van der Waals surface area contributed by atoms with Crippen LogP contribution in [-0.4, -0.2) is 45.3 Å². The molecule has 8 heteroatoms. The van der Waals surface area contributed by atoms with Crippen LogP contribution in [0.5, 0.6) is 0 Å². The Kier molecular flexibility index (Phi) is 5.97. The number of rotatable bonds is 4. The monoisotopic (exact) mass is 347 g/mol. The van der Waals surface area contributed by atoms with Gasteiger partial charge < -0.3 is 11.1 Å². The molecule has 22 heavy (non-hydrogen) atoms. The fourth-order valence-corrected chi connectivity index (χ4v) is 4.01. The molecule has 0 saturated carbocycles. The van der Waals surface area contributed by atoms with Crippen molar-refractivity contribution in [2.24, 2.45) is 11.1 Å². The van der Waals surface area contributed by atoms with Gasteiger partial charge in [-0.25, -0.2) is 8.42 Å². The maximum Gasteiger partial charge on any atom is 0.251 e. The van der Waals surface area contributed by atoms with Crippen LogP contribution in [0.1, 0.15) is 23.7 Å². The van der Waals surface area contributed by atoms with Crippen LogP contribution in [0, 0.1) is 5.41 Å². The maximum absolute atomic E-state index is 12.6. The Bertz CT molecular complexity index is 633. The van der Waals surface area contributed by atoms with Gasteiger partial charge in [-0.05, 0) is 42.6 Å². The van der Waals surface area contributed by atoms with Gasteiger partial charge in [-0.15, -0.1) is 12.4 Å². The maximum atomic E-state index is 12.6. The van der Waals surface area contributed by atoms with Crippen molar-refractivity contribution in [3.8, 4) is 0 Å². The summed E-state index contributed by atoms with van der Waals surface area (Å²) in [5.41, 5.74) is 5.99. The van der Waals surface area contributed by atoms with E-state index in [2.05, 4.69) is 5.32 Å². The molecule has 2 rings (SSSR count). The second kappa shape index (κ2) is 6.95. The Hall–Kier alpha value is -1.15. The van der Waals surface area contributed by atoms with Gasteiger partial charge in [0, 0.05) is 25.7 Å². The lowest BCUT2D eigenvalue weighted by atomic mass is 9.90. The number of sulfonamides is 1. The number of nitrogens with two attached hydrogens (primary N) is 1. The van der Waals surface area contributed by atoms with E-state index >= 15 is 0 Å². The molecule has 1 saturated heterocycles. The molecule has 0 spiro atoms. The predicted octanol–water partition coefficient (Wildman–Crippen LogP) is 0.827. The van der Waals surface area contributed by atoms with E-state index in [9.17, 15) is 13.2 Å². The van der Waals surface area contributed by atoms with Gasteiger partial charge in [0.05, 0.1) is 4.90 Å². The van der Waals surface area contributed by atoms with Crippen molar-refractivity contribution in [3.63, 3.8) is 0 Å². The average molecular weight is 348 g/mol. The highest BCUT2D eigenvalue weighted by Crippen LogP contribution is 2.32. The summed E-state index contributed by atoms with van der Waals surface area (Å²) in [5, 5.41) is 2.50. The van der Waals surface area contributed by atoms with Crippen LogP contribution in [0.2, 0.25) is 0 Å². The molecule has 1 unspecified atom stereocenters. The van der Waals surface area contributed by atoms with Crippen molar-refractivity contribution in [2.75, 3.05) is 26.7 Å². The first kappa shape index (κ1) is 18.9. The third-order valence-electron chi connectivity index (χ3n) is 4.00. The molecule has 1 amide bonds. The quantitative estimate of drug-likeness (QED) is 0.843. The molecule has 6 nitrogen and oxygen atoms in total. The van der Waals surface area contributed by atoms with E-state index in [-0.39, 0.29) is 28.6 Å². The molecular weight excluding hydrogens is 326 g/mol. The van der Waals surface area contributed by atoms with Crippen LogP contribution < -0.4 is 11.1 Å². The van der Waals surface area contributed by atoms with E-state index in [1.807, 2.05) is 6.92 Å². The number of hydrogen-bond acceptors (Lipinski definition) is 4. The molecule has 0 radical (unpaired) electrons. The molecule has 1 aliphatic rings. The Morgan fingerprint density at radius 1 is 1.36 bits per heavy atom. The zero-order chi connectivity index (χ0) is 15.7. The van der Waals surface area contributed by atoms with Gasteiger partial charge in [0.25, 0.3) is 5.91 Å². The molecule has 1 heterocycles. The Morgan fingerprint density at radius 2 is 1.95 bits per heavy atom. The lowest BCUT2D eigenvalue weighted by Crippen LogP contribution is -2.34. The number of carbonyl (C=O) groups is 1. The Labute approximate surface area is 137 Å². The summed E-state index contributed by atoms with van der Waals surface area (Å²) in [7, 11) is -1.99. The normalized spacial score (nSPS) is 22.1. The smallest absolute Gasteiger partial charge is 0.251 e. The van der Waals surface area contributed by atoms with Crippen LogP contribution in [-0.2, 0) is 10.0 Å². The molecule has 1 fully saturated rings. The third-order valence-corrected chi connectivity index (χ3v) is 5.86. The standard InChI is InChI=1S/C14H21N3O3S.ClH/c1-14(9-15)7-8-17(10-14)21(19,20)12-5-3-11(4-6-12)13(18)16-2;/h3-6H,7-10,15H2,1-2H3,(H,16,18);1H. The first-order valence-electron chi connectivity index (χ1n) is 6.85. The molecule has 0 aliphatic carbocycles. The van der Waals surface area contributed by atoms with Gasteiger partial charge >= 0.3 is 0 Å². The van der Waals surface area contributed by atoms with Crippen LogP contribution in [0.3, 0.4) is 0 Å². The molecule has 1 atom stereocenters. The topological polar surface area (TPSA) is 92.5 Å². The fourth-order valence-electron chi connectivity index (χ4n) is 2.42. The van der Waals surface area contributed by atoms with Crippen LogP contribution >= 0.6 is 12.4 Å². The lowest BCUT2D eigenvalue weighted by Gasteiger charge is -2.22. The molecule has 1 aromatic carbocycles. The second-order valence-corrected chi connectivity index (χ2v) is 7.64.